The summed E-state index contributed by atoms with van der Waals surface area (Å²) in [5.74, 6) is -3.20. The predicted octanol–water partition coefficient (Wildman–Crippen LogP) is 2.46. The lowest BCUT2D eigenvalue weighted by Crippen LogP contribution is -2.21. The second-order valence-electron chi connectivity index (χ2n) is 3.25. The molecule has 0 spiro atoms. The Morgan fingerprint density at radius 3 is 1.57 bits per heavy atom. The van der Waals surface area contributed by atoms with Crippen LogP contribution in [0.4, 0.5) is 31.1 Å². The van der Waals surface area contributed by atoms with Crippen LogP contribution < -0.4 is 5.32 Å². The van der Waals surface area contributed by atoms with Gasteiger partial charge in [0.25, 0.3) is 0 Å². The number of ether oxygens (including phenoxy) is 2. The number of rotatable bonds is 2. The summed E-state index contributed by atoms with van der Waals surface area (Å²) in [6, 6.07) is 0. The maximum Gasteiger partial charge on any atom is 0.575 e. The third-order valence-corrected chi connectivity index (χ3v) is 1.12. The van der Waals surface area contributed by atoms with Gasteiger partial charge in [0.05, 0.1) is 7.11 Å². The minimum Gasteiger partial charge on any atom is -0.481 e. The van der Waals surface area contributed by atoms with E-state index in [1.54, 1.807) is 0 Å². The molecule has 0 aromatic heterocycles. The van der Waals surface area contributed by atoms with Gasteiger partial charge in [0, 0.05) is 13.5 Å². The Morgan fingerprint density at radius 1 is 1.09 bits per heavy atom. The summed E-state index contributed by atoms with van der Waals surface area (Å²) >= 11 is 0. The van der Waals surface area contributed by atoms with Gasteiger partial charge in [-0.25, -0.2) is 4.79 Å². The third kappa shape index (κ3) is 38.3. The van der Waals surface area contributed by atoms with E-state index >= 15 is 0 Å². The maximum absolute atomic E-state index is 10.9. The van der Waals surface area contributed by atoms with Gasteiger partial charge in [0.1, 0.15) is 6.42 Å². The molecule has 0 aromatic rings. The number of nitrogens with one attached hydrogen (secondary N) is 1. The second kappa shape index (κ2) is 12.3. The molecular weight excluding hydrogens is 344 g/mol. The molecule has 0 aromatic carbocycles. The molecule has 0 saturated carbocycles. The summed E-state index contributed by atoms with van der Waals surface area (Å²) in [7, 11) is 1.34. The zero-order valence-corrected chi connectivity index (χ0v) is 12.2. The molecule has 0 unspecified atom stereocenters. The second-order valence-corrected chi connectivity index (χ2v) is 3.25. The SMILES string of the molecule is CC(=O)OC(F)(F)F.CCNC(=O)OC.O=C(O)CC(F)(F)F. The topological polar surface area (TPSA) is 102 Å². The normalized spacial score (nSPS) is 10.1. The number of carboxylic acid groups (broad SMARTS) is 1. The van der Waals surface area contributed by atoms with E-state index in [1.807, 2.05) is 6.92 Å². The first-order valence-corrected chi connectivity index (χ1v) is 5.51. The fraction of sp³-hybridized carbons (Fsp3) is 0.700. The number of amides is 1. The van der Waals surface area contributed by atoms with E-state index in [4.69, 9.17) is 5.11 Å². The molecular formula is C10H15F6NO6. The van der Waals surface area contributed by atoms with Gasteiger partial charge in [-0.05, 0) is 6.92 Å². The molecule has 0 aliphatic rings. The minimum atomic E-state index is -4.83. The molecule has 1 amide bonds. The predicted molar refractivity (Wildman–Crippen MR) is 62.2 cm³/mol. The lowest BCUT2D eigenvalue weighted by atomic mass is 10.4. The van der Waals surface area contributed by atoms with Crippen LogP contribution in [-0.4, -0.2) is 49.3 Å². The Kier molecular flexibility index (Phi) is 13.8. The molecule has 0 saturated heterocycles. The molecule has 13 heteroatoms. The molecule has 0 bridgehead atoms. The highest BCUT2D eigenvalue weighted by Gasteiger charge is 2.32. The van der Waals surface area contributed by atoms with Crippen LogP contribution >= 0.6 is 0 Å². The molecule has 0 radical (unpaired) electrons. The van der Waals surface area contributed by atoms with E-state index in [9.17, 15) is 40.7 Å². The molecule has 23 heavy (non-hydrogen) atoms. The van der Waals surface area contributed by atoms with Gasteiger partial charge in [0.2, 0.25) is 0 Å². The van der Waals surface area contributed by atoms with Gasteiger partial charge in [-0.15, -0.1) is 13.2 Å². The quantitative estimate of drug-likeness (QED) is 0.580. The number of carbonyl (C=O) groups excluding carboxylic acids is 2. The summed E-state index contributed by atoms with van der Waals surface area (Å²) in [5.41, 5.74) is 0. The van der Waals surface area contributed by atoms with Gasteiger partial charge < -0.3 is 19.9 Å². The number of hydrogen-bond donors (Lipinski definition) is 2. The van der Waals surface area contributed by atoms with Crippen LogP contribution in [-0.2, 0) is 19.1 Å². The number of hydrogen-bond acceptors (Lipinski definition) is 5. The lowest BCUT2D eigenvalue weighted by molar-refractivity contribution is -0.304. The monoisotopic (exact) mass is 359 g/mol. The van der Waals surface area contributed by atoms with Crippen molar-refractivity contribution in [3.8, 4) is 0 Å². The molecule has 0 aliphatic carbocycles. The number of halogens is 6. The minimum absolute atomic E-state index is 0.373. The van der Waals surface area contributed by atoms with Gasteiger partial charge in [0.15, 0.2) is 0 Å². The summed E-state index contributed by atoms with van der Waals surface area (Å²) in [6.45, 7) is 3.14. The van der Waals surface area contributed by atoms with Gasteiger partial charge in [-0.1, -0.05) is 0 Å². The van der Waals surface area contributed by atoms with Gasteiger partial charge >= 0.3 is 30.6 Å². The Hall–Kier alpha value is -2.21. The van der Waals surface area contributed by atoms with Crippen LogP contribution in [0.2, 0.25) is 0 Å². The number of alkyl halides is 6. The smallest absolute Gasteiger partial charge is 0.481 e. The number of carbonyl (C=O) groups is 3. The summed E-state index contributed by atoms with van der Waals surface area (Å²) in [4.78, 5) is 28.9. The molecule has 138 valence electrons. The molecule has 0 fully saturated rings. The van der Waals surface area contributed by atoms with Crippen LogP contribution in [0.1, 0.15) is 20.3 Å². The fourth-order valence-electron chi connectivity index (χ4n) is 0.551. The zero-order valence-electron chi connectivity index (χ0n) is 12.2. The van der Waals surface area contributed by atoms with E-state index in [2.05, 4.69) is 14.8 Å². The molecule has 0 rings (SSSR count). The number of alkyl carbamates (subject to hydrolysis) is 1. The summed E-state index contributed by atoms with van der Waals surface area (Å²) in [6.07, 6.45) is -11.5. The Bertz CT molecular complexity index is 342. The van der Waals surface area contributed by atoms with E-state index < -0.39 is 30.9 Å². The van der Waals surface area contributed by atoms with Crippen molar-refractivity contribution in [2.24, 2.45) is 0 Å². The zero-order chi connectivity index (χ0) is 19.3. The van der Waals surface area contributed by atoms with Crippen molar-refractivity contribution in [3.05, 3.63) is 0 Å². The Morgan fingerprint density at radius 2 is 1.52 bits per heavy atom. The summed E-state index contributed by atoms with van der Waals surface area (Å²) < 4.78 is 72.4. The molecule has 0 atom stereocenters. The van der Waals surface area contributed by atoms with Crippen molar-refractivity contribution in [1.82, 2.24) is 5.32 Å². The van der Waals surface area contributed by atoms with Crippen LogP contribution in [0.25, 0.3) is 0 Å². The van der Waals surface area contributed by atoms with Crippen molar-refractivity contribution < 1.29 is 55.3 Å². The van der Waals surface area contributed by atoms with Crippen molar-refractivity contribution in [3.63, 3.8) is 0 Å². The number of aliphatic carboxylic acids is 1. The van der Waals surface area contributed by atoms with E-state index in [1.165, 1.54) is 7.11 Å². The largest absolute Gasteiger partial charge is 0.575 e. The molecule has 0 aliphatic heterocycles. The van der Waals surface area contributed by atoms with Crippen molar-refractivity contribution in [2.45, 2.75) is 32.8 Å². The molecule has 0 heterocycles. The number of esters is 1. The van der Waals surface area contributed by atoms with E-state index in [-0.39, 0.29) is 6.09 Å². The first kappa shape index (κ1) is 25.7. The fourth-order valence-corrected chi connectivity index (χ4v) is 0.551. The lowest BCUT2D eigenvalue weighted by Gasteiger charge is -2.02. The van der Waals surface area contributed by atoms with Crippen molar-refractivity contribution >= 4 is 18.0 Å². The third-order valence-electron chi connectivity index (χ3n) is 1.12. The summed E-state index contributed by atoms with van der Waals surface area (Å²) in [5, 5.41) is 9.96. The van der Waals surface area contributed by atoms with Crippen molar-refractivity contribution in [1.29, 1.82) is 0 Å². The van der Waals surface area contributed by atoms with E-state index in [0.717, 1.165) is 0 Å². The van der Waals surface area contributed by atoms with Crippen molar-refractivity contribution in [2.75, 3.05) is 13.7 Å². The average molecular weight is 359 g/mol. The van der Waals surface area contributed by atoms with Crippen LogP contribution in [0.15, 0.2) is 0 Å². The van der Waals surface area contributed by atoms with Crippen LogP contribution in [0.3, 0.4) is 0 Å². The Balaban J connectivity index is -0.000000262. The molecule has 2 N–H and O–H groups in total. The highest BCUT2D eigenvalue weighted by atomic mass is 19.4. The van der Waals surface area contributed by atoms with E-state index in [0.29, 0.717) is 13.5 Å². The first-order valence-electron chi connectivity index (χ1n) is 5.51. The molecule has 7 nitrogen and oxygen atoms in total. The first-order chi connectivity index (χ1) is 10.1. The van der Waals surface area contributed by atoms with Crippen LogP contribution in [0.5, 0.6) is 0 Å². The Labute approximate surface area is 126 Å². The van der Waals surface area contributed by atoms with Crippen LogP contribution in [0, 0.1) is 0 Å². The van der Waals surface area contributed by atoms with Gasteiger partial charge in [-0.3, -0.25) is 9.59 Å². The highest BCUT2D eigenvalue weighted by Crippen LogP contribution is 2.18. The average Bonchev–Trinajstić information content (AvgIpc) is 2.23. The number of methoxy groups -OCH3 is 1. The standard InChI is InChI=1S/C4H9NO2.2C3H3F3O2/c1-3-5-4(6)7-2;1-2(7)8-3(4,5)6;4-3(5,6)1-2(7)8/h3H2,1-2H3,(H,5,6);1H3;1H2,(H,7,8). The van der Waals surface area contributed by atoms with Gasteiger partial charge in [-0.2, -0.15) is 13.2 Å². The number of carboxylic acids is 1. The highest BCUT2D eigenvalue weighted by molar-refractivity contribution is 5.67. The maximum atomic E-state index is 10.9.